The fourth-order valence-electron chi connectivity index (χ4n) is 2.78. The van der Waals surface area contributed by atoms with E-state index in [-0.39, 0.29) is 0 Å². The third kappa shape index (κ3) is 4.01. The number of rotatable bonds is 3. The number of halogens is 1. The molecule has 1 N–H and O–H groups in total. The maximum absolute atomic E-state index is 11.3. The molecule has 3 aromatic rings. The van der Waals surface area contributed by atoms with Crippen LogP contribution in [0.15, 0.2) is 42.5 Å². The second-order valence-corrected chi connectivity index (χ2v) is 7.69. The minimum Gasteiger partial charge on any atom is -0.343 e. The Morgan fingerprint density at radius 1 is 1.12 bits per heavy atom. The number of nitriles is 1. The molecule has 0 unspecified atom stereocenters. The Hall–Kier alpha value is -2.49. The van der Waals surface area contributed by atoms with Gasteiger partial charge in [0.15, 0.2) is 0 Å². The summed E-state index contributed by atoms with van der Waals surface area (Å²) < 4.78 is 26.9. The highest BCUT2D eigenvalue weighted by molar-refractivity contribution is 7.92. The summed E-state index contributed by atoms with van der Waals surface area (Å²) in [5, 5.41) is 11.0. The first-order valence-corrected chi connectivity index (χ1v) is 10.3. The Balaban J connectivity index is 0.00000117. The molecular weight excluding hydrogens is 370 g/mol. The van der Waals surface area contributed by atoms with Crippen LogP contribution in [-0.4, -0.2) is 19.2 Å². The van der Waals surface area contributed by atoms with Gasteiger partial charge in [-0.3, -0.25) is 4.72 Å². The van der Waals surface area contributed by atoms with E-state index in [1.54, 1.807) is 36.4 Å². The highest BCUT2D eigenvalue weighted by atomic mass is 35.5. The standard InChI is InChI=1S/C17H14ClN3O2S.C2H6/c1-21-16-8-5-12(18)9-14(16)15(10-19)17(21)11-3-6-13(7-4-11)20-24(2,22)23;1-2/h3-9,20H,1-2H3;1-2H3. The van der Waals surface area contributed by atoms with Crippen LogP contribution in [0.4, 0.5) is 5.69 Å². The highest BCUT2D eigenvalue weighted by Crippen LogP contribution is 2.34. The number of sulfonamides is 1. The Kier molecular flexibility index (Phi) is 5.96. The van der Waals surface area contributed by atoms with Gasteiger partial charge in [-0.05, 0) is 35.9 Å². The predicted octanol–water partition coefficient (Wildman–Crippen LogP) is 4.77. The van der Waals surface area contributed by atoms with E-state index in [1.165, 1.54) is 0 Å². The van der Waals surface area contributed by atoms with Crippen LogP contribution in [0.1, 0.15) is 19.4 Å². The third-order valence-corrected chi connectivity index (χ3v) is 4.58. The number of aryl methyl sites for hydroxylation is 1. The van der Waals surface area contributed by atoms with E-state index in [2.05, 4.69) is 10.8 Å². The number of benzene rings is 2. The lowest BCUT2D eigenvalue weighted by Crippen LogP contribution is -2.09. The van der Waals surface area contributed by atoms with Gasteiger partial charge in [-0.25, -0.2) is 8.42 Å². The smallest absolute Gasteiger partial charge is 0.229 e. The Morgan fingerprint density at radius 2 is 1.73 bits per heavy atom. The van der Waals surface area contributed by atoms with Gasteiger partial charge in [-0.2, -0.15) is 5.26 Å². The van der Waals surface area contributed by atoms with E-state index < -0.39 is 10.0 Å². The van der Waals surface area contributed by atoms with Gasteiger partial charge in [-0.1, -0.05) is 37.6 Å². The van der Waals surface area contributed by atoms with E-state index >= 15 is 0 Å². The van der Waals surface area contributed by atoms with Gasteiger partial charge in [-0.15, -0.1) is 0 Å². The topological polar surface area (TPSA) is 74.9 Å². The van der Waals surface area contributed by atoms with Gasteiger partial charge in [0.25, 0.3) is 0 Å². The lowest BCUT2D eigenvalue weighted by atomic mass is 10.1. The van der Waals surface area contributed by atoms with Gasteiger partial charge in [0, 0.05) is 28.7 Å². The summed E-state index contributed by atoms with van der Waals surface area (Å²) in [5.41, 5.74) is 3.51. The lowest BCUT2D eigenvalue weighted by molar-refractivity contribution is 0.607. The molecule has 1 aromatic heterocycles. The van der Waals surface area contributed by atoms with Crippen molar-refractivity contribution in [2.24, 2.45) is 7.05 Å². The number of anilines is 1. The summed E-state index contributed by atoms with van der Waals surface area (Å²) in [7, 11) is -1.44. The van der Waals surface area contributed by atoms with Crippen LogP contribution in [0.25, 0.3) is 22.2 Å². The number of fused-ring (bicyclic) bond motifs is 1. The minimum atomic E-state index is -3.32. The highest BCUT2D eigenvalue weighted by Gasteiger charge is 2.17. The average Bonchev–Trinajstić information content (AvgIpc) is 2.87. The summed E-state index contributed by atoms with van der Waals surface area (Å²) in [6.07, 6.45) is 1.10. The average molecular weight is 390 g/mol. The number of nitrogens with one attached hydrogen (secondary N) is 1. The molecule has 0 aliphatic carbocycles. The third-order valence-electron chi connectivity index (χ3n) is 3.73. The van der Waals surface area contributed by atoms with Crippen molar-refractivity contribution in [2.45, 2.75) is 13.8 Å². The molecule has 0 spiro atoms. The van der Waals surface area contributed by atoms with Gasteiger partial charge >= 0.3 is 0 Å². The molecule has 136 valence electrons. The second-order valence-electron chi connectivity index (χ2n) is 5.51. The first-order valence-electron chi connectivity index (χ1n) is 8.06. The van der Waals surface area contributed by atoms with Gasteiger partial charge in [0.2, 0.25) is 10.0 Å². The Morgan fingerprint density at radius 3 is 2.27 bits per heavy atom. The van der Waals surface area contributed by atoms with Crippen molar-refractivity contribution in [2.75, 3.05) is 11.0 Å². The number of nitrogens with zero attached hydrogens (tertiary/aromatic N) is 2. The summed E-state index contributed by atoms with van der Waals surface area (Å²) >= 11 is 6.05. The minimum absolute atomic E-state index is 0.474. The van der Waals surface area contributed by atoms with Crippen LogP contribution in [0.2, 0.25) is 5.02 Å². The monoisotopic (exact) mass is 389 g/mol. The molecule has 1 heterocycles. The van der Waals surface area contributed by atoms with E-state index in [1.807, 2.05) is 31.5 Å². The van der Waals surface area contributed by atoms with Crippen molar-refractivity contribution in [1.29, 1.82) is 5.26 Å². The first-order chi connectivity index (χ1) is 12.3. The van der Waals surface area contributed by atoms with Crippen molar-refractivity contribution in [3.63, 3.8) is 0 Å². The molecule has 7 heteroatoms. The molecule has 0 amide bonds. The fourth-order valence-corrected chi connectivity index (χ4v) is 3.51. The number of hydrogen-bond acceptors (Lipinski definition) is 3. The van der Waals surface area contributed by atoms with Crippen molar-refractivity contribution in [1.82, 2.24) is 4.57 Å². The largest absolute Gasteiger partial charge is 0.343 e. The van der Waals surface area contributed by atoms with E-state index in [9.17, 15) is 13.7 Å². The molecule has 0 aliphatic heterocycles. The number of aromatic nitrogens is 1. The number of hydrogen-bond donors (Lipinski definition) is 1. The second kappa shape index (κ2) is 7.81. The summed E-state index contributed by atoms with van der Waals surface area (Å²) in [4.78, 5) is 0. The summed E-state index contributed by atoms with van der Waals surface area (Å²) in [6.45, 7) is 4.00. The molecule has 0 aliphatic rings. The van der Waals surface area contributed by atoms with E-state index in [0.29, 0.717) is 16.3 Å². The van der Waals surface area contributed by atoms with Gasteiger partial charge in [0.1, 0.15) is 6.07 Å². The molecule has 0 atom stereocenters. The van der Waals surface area contributed by atoms with Gasteiger partial charge in [0.05, 0.1) is 17.5 Å². The van der Waals surface area contributed by atoms with E-state index in [4.69, 9.17) is 11.6 Å². The van der Waals surface area contributed by atoms with Crippen LogP contribution >= 0.6 is 11.6 Å². The zero-order valence-corrected chi connectivity index (χ0v) is 16.6. The first kappa shape index (κ1) is 19.8. The molecule has 3 rings (SSSR count). The van der Waals surface area contributed by atoms with Crippen LogP contribution in [0.3, 0.4) is 0 Å². The van der Waals surface area contributed by atoms with Crippen LogP contribution < -0.4 is 4.72 Å². The Bertz CT molecular complexity index is 1080. The van der Waals surface area contributed by atoms with Crippen molar-refractivity contribution < 1.29 is 8.42 Å². The quantitative estimate of drug-likeness (QED) is 0.701. The Labute approximate surface area is 158 Å². The van der Waals surface area contributed by atoms with Crippen LogP contribution in [0, 0.1) is 11.3 Å². The van der Waals surface area contributed by atoms with Gasteiger partial charge < -0.3 is 4.57 Å². The van der Waals surface area contributed by atoms with E-state index in [0.717, 1.165) is 28.4 Å². The van der Waals surface area contributed by atoms with Crippen LogP contribution in [0.5, 0.6) is 0 Å². The zero-order chi connectivity index (χ0) is 19.5. The van der Waals surface area contributed by atoms with Crippen molar-refractivity contribution in [3.8, 4) is 17.3 Å². The molecule has 0 fully saturated rings. The van der Waals surface area contributed by atoms with Crippen LogP contribution in [-0.2, 0) is 17.1 Å². The normalized spacial score (nSPS) is 10.8. The van der Waals surface area contributed by atoms with Crippen molar-refractivity contribution >= 4 is 38.2 Å². The molecule has 0 bridgehead atoms. The SMILES string of the molecule is CC.Cn1c(-c2ccc(NS(C)(=O)=O)cc2)c(C#N)c2cc(Cl)ccc21. The molecule has 0 saturated heterocycles. The molecule has 5 nitrogen and oxygen atoms in total. The molecular formula is C19H20ClN3O2S. The van der Waals surface area contributed by atoms with Crippen molar-refractivity contribution in [3.05, 3.63) is 53.1 Å². The zero-order valence-electron chi connectivity index (χ0n) is 15.0. The lowest BCUT2D eigenvalue weighted by Gasteiger charge is -2.08. The molecule has 26 heavy (non-hydrogen) atoms. The maximum Gasteiger partial charge on any atom is 0.229 e. The fraction of sp³-hybridized carbons (Fsp3) is 0.211. The summed E-state index contributed by atoms with van der Waals surface area (Å²) in [5.74, 6) is 0. The predicted molar refractivity (Wildman–Crippen MR) is 108 cm³/mol. The molecule has 0 saturated carbocycles. The summed E-state index contributed by atoms with van der Waals surface area (Å²) in [6, 6.07) is 14.6. The molecule has 0 radical (unpaired) electrons. The molecule has 2 aromatic carbocycles. The maximum atomic E-state index is 11.3.